The summed E-state index contributed by atoms with van der Waals surface area (Å²) in [5.74, 6) is 3.31. The summed E-state index contributed by atoms with van der Waals surface area (Å²) in [6.45, 7) is 7.30. The van der Waals surface area contributed by atoms with E-state index in [1.165, 1.54) is 38.5 Å². The van der Waals surface area contributed by atoms with Crippen molar-refractivity contribution in [2.24, 2.45) is 40.2 Å². The van der Waals surface area contributed by atoms with Crippen LogP contribution in [0.3, 0.4) is 0 Å². The van der Waals surface area contributed by atoms with E-state index >= 15 is 0 Å². The first kappa shape index (κ1) is 16.1. The number of nitrogens with two attached hydrogens (primary N) is 1. The first-order valence-electron chi connectivity index (χ1n) is 9.99. The zero-order chi connectivity index (χ0) is 16.4. The summed E-state index contributed by atoms with van der Waals surface area (Å²) in [7, 11) is 0. The number of rotatable bonds is 1. The summed E-state index contributed by atoms with van der Waals surface area (Å²) in [6.07, 6.45) is 12.3. The predicted molar refractivity (Wildman–Crippen MR) is 94.8 cm³/mol. The molecule has 0 aliphatic heterocycles. The van der Waals surface area contributed by atoms with E-state index in [1.807, 2.05) is 0 Å². The molecule has 0 radical (unpaired) electrons. The van der Waals surface area contributed by atoms with Gasteiger partial charge in [0.25, 0.3) is 0 Å². The molecule has 4 rings (SSSR count). The normalized spacial score (nSPS) is 53.8. The molecule has 3 N–H and O–H groups in total. The highest BCUT2D eigenvalue weighted by molar-refractivity contribution is 5.25. The second-order valence-electron chi connectivity index (χ2n) is 9.74. The van der Waals surface area contributed by atoms with E-state index in [-0.39, 0.29) is 6.10 Å². The van der Waals surface area contributed by atoms with Gasteiger partial charge in [-0.15, -0.1) is 0 Å². The molecule has 3 fully saturated rings. The van der Waals surface area contributed by atoms with Gasteiger partial charge in [0.05, 0.1) is 6.10 Å². The van der Waals surface area contributed by atoms with Crippen LogP contribution in [0.15, 0.2) is 11.6 Å². The largest absolute Gasteiger partial charge is 0.393 e. The number of allylic oxidation sites excluding steroid dienone is 1. The summed E-state index contributed by atoms with van der Waals surface area (Å²) < 4.78 is 0. The van der Waals surface area contributed by atoms with E-state index in [1.54, 1.807) is 5.57 Å². The molecule has 0 amide bonds. The molecule has 2 nitrogen and oxygen atoms in total. The SMILES string of the molecule is C[C@H](N)[C@@H]1CC[C@H]2[C@H]3CC=C4C[C@@H](O)CC[C@]4(C)[C@@H]3CC[C@@]21C. The van der Waals surface area contributed by atoms with E-state index in [4.69, 9.17) is 5.73 Å². The van der Waals surface area contributed by atoms with Gasteiger partial charge in [-0.2, -0.15) is 0 Å². The molecule has 0 aromatic rings. The second-order valence-corrected chi connectivity index (χ2v) is 9.74. The fourth-order valence-corrected chi connectivity index (χ4v) is 7.55. The van der Waals surface area contributed by atoms with Crippen LogP contribution < -0.4 is 5.73 Å². The van der Waals surface area contributed by atoms with Gasteiger partial charge < -0.3 is 10.8 Å². The van der Waals surface area contributed by atoms with Crippen molar-refractivity contribution >= 4 is 0 Å². The van der Waals surface area contributed by atoms with Crippen LogP contribution in [0.1, 0.15) is 72.1 Å². The summed E-state index contributed by atoms with van der Waals surface area (Å²) in [5.41, 5.74) is 8.80. The Morgan fingerprint density at radius 1 is 1.13 bits per heavy atom. The van der Waals surface area contributed by atoms with Crippen LogP contribution in [0.4, 0.5) is 0 Å². The van der Waals surface area contributed by atoms with Crippen molar-refractivity contribution in [2.75, 3.05) is 0 Å². The van der Waals surface area contributed by atoms with Gasteiger partial charge in [0.15, 0.2) is 0 Å². The lowest BCUT2D eigenvalue weighted by molar-refractivity contribution is -0.0520. The zero-order valence-electron chi connectivity index (χ0n) is 15.2. The molecular formula is C21H35NO. The molecule has 130 valence electrons. The van der Waals surface area contributed by atoms with Crippen LogP contribution in [0.2, 0.25) is 0 Å². The molecule has 23 heavy (non-hydrogen) atoms. The molecule has 0 saturated heterocycles. The number of fused-ring (bicyclic) bond motifs is 5. The molecule has 0 spiro atoms. The Hall–Kier alpha value is -0.340. The smallest absolute Gasteiger partial charge is 0.0577 e. The number of hydrogen-bond acceptors (Lipinski definition) is 2. The Labute approximate surface area is 141 Å². The van der Waals surface area contributed by atoms with Crippen molar-refractivity contribution in [2.45, 2.75) is 84.3 Å². The Morgan fingerprint density at radius 2 is 1.91 bits per heavy atom. The third-order valence-corrected chi connectivity index (χ3v) is 8.79. The maximum atomic E-state index is 10.1. The number of aliphatic hydroxyl groups is 1. The Morgan fingerprint density at radius 3 is 2.65 bits per heavy atom. The van der Waals surface area contributed by atoms with Crippen LogP contribution in [0.25, 0.3) is 0 Å². The van der Waals surface area contributed by atoms with Crippen LogP contribution in [-0.2, 0) is 0 Å². The first-order chi connectivity index (χ1) is 10.9. The molecular weight excluding hydrogens is 282 g/mol. The van der Waals surface area contributed by atoms with Gasteiger partial charge in [0.2, 0.25) is 0 Å². The molecule has 3 saturated carbocycles. The van der Waals surface area contributed by atoms with Crippen molar-refractivity contribution in [1.82, 2.24) is 0 Å². The topological polar surface area (TPSA) is 46.2 Å². The van der Waals surface area contributed by atoms with Gasteiger partial charge in [-0.25, -0.2) is 0 Å². The predicted octanol–water partition coefficient (Wildman–Crippen LogP) is 4.27. The molecule has 0 unspecified atom stereocenters. The standard InChI is InChI=1S/C21H35NO/c1-13(22)17-6-7-18-16-5-4-14-12-15(23)8-10-20(14,2)19(16)9-11-21(17,18)3/h4,13,15-19,23H,5-12,22H2,1-3H3/t13-,15-,16+,17-,18-,19+,20-,21+/m0/s1. The molecule has 4 aliphatic carbocycles. The highest BCUT2D eigenvalue weighted by atomic mass is 16.3. The summed E-state index contributed by atoms with van der Waals surface area (Å²) >= 11 is 0. The second kappa shape index (κ2) is 5.33. The summed E-state index contributed by atoms with van der Waals surface area (Å²) in [4.78, 5) is 0. The van der Waals surface area contributed by atoms with Crippen molar-refractivity contribution in [1.29, 1.82) is 0 Å². The average Bonchev–Trinajstić information content (AvgIpc) is 2.85. The van der Waals surface area contributed by atoms with E-state index in [0.717, 1.165) is 36.5 Å². The minimum atomic E-state index is -0.0892. The van der Waals surface area contributed by atoms with Gasteiger partial charge in [-0.05, 0) is 92.8 Å². The minimum Gasteiger partial charge on any atom is -0.393 e. The third kappa shape index (κ3) is 2.20. The Bertz CT molecular complexity index is 512. The van der Waals surface area contributed by atoms with Crippen LogP contribution in [-0.4, -0.2) is 17.3 Å². The quantitative estimate of drug-likeness (QED) is 0.709. The van der Waals surface area contributed by atoms with Crippen molar-refractivity contribution in [3.63, 3.8) is 0 Å². The van der Waals surface area contributed by atoms with Crippen molar-refractivity contribution in [3.05, 3.63) is 11.6 Å². The van der Waals surface area contributed by atoms with Crippen LogP contribution in [0.5, 0.6) is 0 Å². The van der Waals surface area contributed by atoms with Gasteiger partial charge in [0, 0.05) is 6.04 Å². The van der Waals surface area contributed by atoms with Crippen LogP contribution >= 0.6 is 0 Å². The number of hydrogen-bond donors (Lipinski definition) is 2. The Kier molecular flexibility index (Phi) is 3.74. The molecule has 0 heterocycles. The van der Waals surface area contributed by atoms with E-state index in [9.17, 15) is 5.11 Å². The highest BCUT2D eigenvalue weighted by Crippen LogP contribution is 2.66. The summed E-state index contributed by atoms with van der Waals surface area (Å²) in [6, 6.07) is 0.344. The van der Waals surface area contributed by atoms with Gasteiger partial charge in [-0.3, -0.25) is 0 Å². The molecule has 8 atom stereocenters. The summed E-state index contributed by atoms with van der Waals surface area (Å²) in [5, 5.41) is 10.1. The zero-order valence-corrected chi connectivity index (χ0v) is 15.2. The third-order valence-electron chi connectivity index (χ3n) is 8.79. The van der Waals surface area contributed by atoms with E-state index < -0.39 is 0 Å². The first-order valence-corrected chi connectivity index (χ1v) is 9.99. The molecule has 0 aromatic carbocycles. The lowest BCUT2D eigenvalue weighted by Gasteiger charge is -2.58. The lowest BCUT2D eigenvalue weighted by atomic mass is 9.47. The fraction of sp³-hybridized carbons (Fsp3) is 0.905. The maximum Gasteiger partial charge on any atom is 0.0577 e. The van der Waals surface area contributed by atoms with Crippen LogP contribution in [0, 0.1) is 34.5 Å². The van der Waals surface area contributed by atoms with Gasteiger partial charge in [-0.1, -0.05) is 25.5 Å². The van der Waals surface area contributed by atoms with Crippen molar-refractivity contribution in [3.8, 4) is 0 Å². The maximum absolute atomic E-state index is 10.1. The monoisotopic (exact) mass is 317 g/mol. The minimum absolute atomic E-state index is 0.0892. The highest BCUT2D eigenvalue weighted by Gasteiger charge is 2.58. The molecule has 4 aliphatic rings. The van der Waals surface area contributed by atoms with E-state index in [2.05, 4.69) is 26.8 Å². The lowest BCUT2D eigenvalue weighted by Crippen LogP contribution is -2.51. The molecule has 0 aromatic heterocycles. The van der Waals surface area contributed by atoms with Gasteiger partial charge in [0.1, 0.15) is 0 Å². The van der Waals surface area contributed by atoms with Gasteiger partial charge >= 0.3 is 0 Å². The average molecular weight is 318 g/mol. The van der Waals surface area contributed by atoms with Crippen molar-refractivity contribution < 1.29 is 5.11 Å². The fourth-order valence-electron chi connectivity index (χ4n) is 7.55. The van der Waals surface area contributed by atoms with E-state index in [0.29, 0.717) is 16.9 Å². The Balaban J connectivity index is 1.65. The molecule has 2 heteroatoms. The molecule has 0 bridgehead atoms. The number of aliphatic hydroxyl groups excluding tert-OH is 1.